The lowest BCUT2D eigenvalue weighted by Crippen LogP contribution is -2.53. The molecule has 0 radical (unpaired) electrons. The van der Waals surface area contributed by atoms with Crippen LogP contribution < -0.4 is 10.2 Å². The Morgan fingerprint density at radius 1 is 1.12 bits per heavy atom. The Bertz CT molecular complexity index is 910. The molecule has 3 amide bonds. The summed E-state index contributed by atoms with van der Waals surface area (Å²) in [6.07, 6.45) is 0.613. The predicted molar refractivity (Wildman–Crippen MR) is 96.8 cm³/mol. The summed E-state index contributed by atoms with van der Waals surface area (Å²) in [5.74, 6) is -0.833. The Hall–Kier alpha value is -2.56. The molecule has 2 aromatic rings. The molecule has 0 spiro atoms. The normalized spacial score (nSPS) is 20.1. The van der Waals surface area contributed by atoms with Gasteiger partial charge in [-0.3, -0.25) is 24.6 Å². The lowest BCUT2D eigenvalue weighted by molar-refractivity contribution is -0.134. The third kappa shape index (κ3) is 2.00. The molecule has 0 saturated carbocycles. The monoisotopic (exact) mass is 318 g/mol. The van der Waals surface area contributed by atoms with E-state index in [9.17, 15) is 14.4 Å². The minimum atomic E-state index is -0.629. The third-order valence-electron chi connectivity index (χ3n) is 4.90. The number of anilines is 1. The quantitative estimate of drug-likeness (QED) is 0.620. The van der Waals surface area contributed by atoms with Gasteiger partial charge in [0.15, 0.2) is 0 Å². The Kier molecular flexibility index (Phi) is 3.27. The van der Waals surface area contributed by atoms with Gasteiger partial charge in [0.05, 0.1) is 5.69 Å². The highest BCUT2D eigenvalue weighted by atomic mass is 16.2. The Morgan fingerprint density at radius 3 is 2.62 bits per heavy atom. The van der Waals surface area contributed by atoms with Crippen LogP contribution in [0.15, 0.2) is 30.3 Å². The van der Waals surface area contributed by atoms with E-state index in [-0.39, 0.29) is 18.2 Å². The standard InChI is InChI=1S/C17H16B2N2O3/c18-15(19)9-4-5-11-14-8(9)2-1-3-10(14)17(24)21(11)12-6-7-13(22)20-16(12)23/h1-5,12,15H,6-7,18-19H2,(H,20,22,23). The SMILES string of the molecule is BC(B)c1ccc2c3c(cccc13)C(=O)N2C1CCC(=O)NC1=O. The zero-order valence-electron chi connectivity index (χ0n) is 13.6. The molecule has 0 bridgehead atoms. The second-order valence-electron chi connectivity index (χ2n) is 6.70. The zero-order chi connectivity index (χ0) is 17.0. The molecule has 24 heavy (non-hydrogen) atoms. The molecule has 1 saturated heterocycles. The lowest BCUT2D eigenvalue weighted by atomic mass is 9.65. The Labute approximate surface area is 141 Å². The van der Waals surface area contributed by atoms with Crippen LogP contribution in [-0.2, 0) is 9.59 Å². The van der Waals surface area contributed by atoms with Gasteiger partial charge in [-0.2, -0.15) is 0 Å². The van der Waals surface area contributed by atoms with Crippen molar-refractivity contribution in [2.24, 2.45) is 0 Å². The first-order chi connectivity index (χ1) is 11.5. The second-order valence-corrected chi connectivity index (χ2v) is 6.70. The number of rotatable bonds is 2. The zero-order valence-corrected chi connectivity index (χ0v) is 13.6. The molecule has 0 aromatic heterocycles. The van der Waals surface area contributed by atoms with Gasteiger partial charge in [0.1, 0.15) is 21.7 Å². The van der Waals surface area contributed by atoms with Crippen LogP contribution in [0.2, 0.25) is 0 Å². The average molecular weight is 318 g/mol. The summed E-state index contributed by atoms with van der Waals surface area (Å²) in [6.45, 7) is 0. The van der Waals surface area contributed by atoms with Crippen molar-refractivity contribution in [3.8, 4) is 0 Å². The summed E-state index contributed by atoms with van der Waals surface area (Å²) in [4.78, 5) is 38.2. The number of hydrogen-bond acceptors (Lipinski definition) is 3. The summed E-state index contributed by atoms with van der Waals surface area (Å²) < 4.78 is 0. The van der Waals surface area contributed by atoms with Crippen molar-refractivity contribution in [2.75, 3.05) is 4.90 Å². The molecule has 5 nitrogen and oxygen atoms in total. The molecule has 2 aliphatic heterocycles. The van der Waals surface area contributed by atoms with Crippen molar-refractivity contribution < 1.29 is 14.4 Å². The molecule has 1 N–H and O–H groups in total. The van der Waals surface area contributed by atoms with Gasteiger partial charge in [0.2, 0.25) is 11.8 Å². The Balaban J connectivity index is 1.89. The van der Waals surface area contributed by atoms with Gasteiger partial charge in [-0.1, -0.05) is 29.5 Å². The van der Waals surface area contributed by atoms with E-state index in [2.05, 4.69) is 21.0 Å². The highest BCUT2D eigenvalue weighted by Gasteiger charge is 2.40. The number of imide groups is 1. The van der Waals surface area contributed by atoms with Crippen LogP contribution >= 0.6 is 0 Å². The molecule has 1 unspecified atom stereocenters. The smallest absolute Gasteiger partial charge is 0.259 e. The van der Waals surface area contributed by atoms with E-state index >= 15 is 0 Å². The van der Waals surface area contributed by atoms with Crippen molar-refractivity contribution in [1.82, 2.24) is 5.32 Å². The van der Waals surface area contributed by atoms with Crippen LogP contribution in [0, 0.1) is 0 Å². The molecule has 118 valence electrons. The molecule has 2 aromatic carbocycles. The van der Waals surface area contributed by atoms with E-state index in [1.807, 2.05) is 30.3 Å². The fourth-order valence-electron chi connectivity index (χ4n) is 3.77. The van der Waals surface area contributed by atoms with Crippen LogP contribution in [0.5, 0.6) is 0 Å². The van der Waals surface area contributed by atoms with Gasteiger partial charge in [-0.25, -0.2) is 0 Å². The second kappa shape index (κ2) is 5.23. The van der Waals surface area contributed by atoms with E-state index in [0.717, 1.165) is 16.5 Å². The molecule has 2 aliphatic rings. The van der Waals surface area contributed by atoms with E-state index in [4.69, 9.17) is 0 Å². The number of amides is 3. The number of piperidine rings is 1. The third-order valence-corrected chi connectivity index (χ3v) is 4.90. The van der Waals surface area contributed by atoms with Gasteiger partial charge in [0.25, 0.3) is 5.91 Å². The van der Waals surface area contributed by atoms with Crippen LogP contribution in [0.4, 0.5) is 5.69 Å². The highest BCUT2D eigenvalue weighted by Crippen LogP contribution is 2.41. The molecule has 1 atom stereocenters. The van der Waals surface area contributed by atoms with Crippen LogP contribution in [-0.4, -0.2) is 39.5 Å². The van der Waals surface area contributed by atoms with Crippen LogP contribution in [0.3, 0.4) is 0 Å². The van der Waals surface area contributed by atoms with Gasteiger partial charge >= 0.3 is 0 Å². The van der Waals surface area contributed by atoms with Crippen molar-refractivity contribution in [3.05, 3.63) is 41.5 Å². The molecule has 2 heterocycles. The predicted octanol–water partition coefficient (Wildman–Crippen LogP) is -0.130. The summed E-state index contributed by atoms with van der Waals surface area (Å²) in [5.41, 5.74) is 2.93. The molecule has 0 aliphatic carbocycles. The maximum Gasteiger partial charge on any atom is 0.259 e. The summed E-state index contributed by atoms with van der Waals surface area (Å²) in [5, 5.41) is 4.32. The first-order valence-corrected chi connectivity index (χ1v) is 8.22. The van der Waals surface area contributed by atoms with Crippen LogP contribution in [0.1, 0.15) is 34.5 Å². The van der Waals surface area contributed by atoms with E-state index in [0.29, 0.717) is 17.7 Å². The number of nitrogens with one attached hydrogen (secondary N) is 1. The minimum absolute atomic E-state index is 0.161. The van der Waals surface area contributed by atoms with Gasteiger partial charge in [-0.15, -0.1) is 0 Å². The maximum atomic E-state index is 12.9. The highest BCUT2D eigenvalue weighted by molar-refractivity contribution is 6.37. The average Bonchev–Trinajstić information content (AvgIpc) is 2.82. The molecule has 4 rings (SSSR count). The fourth-order valence-corrected chi connectivity index (χ4v) is 3.77. The summed E-state index contributed by atoms with van der Waals surface area (Å²) >= 11 is 0. The Morgan fingerprint density at radius 2 is 1.92 bits per heavy atom. The molecule has 1 fully saturated rings. The lowest BCUT2D eigenvalue weighted by Gasteiger charge is -2.30. The first kappa shape index (κ1) is 15.0. The van der Waals surface area contributed by atoms with Crippen molar-refractivity contribution in [1.29, 1.82) is 0 Å². The molecular formula is C17H16B2N2O3. The minimum Gasteiger partial charge on any atom is -0.295 e. The molecule has 7 heteroatoms. The fraction of sp³-hybridized carbons (Fsp3) is 0.235. The van der Waals surface area contributed by atoms with Gasteiger partial charge < -0.3 is 0 Å². The van der Waals surface area contributed by atoms with E-state index < -0.39 is 11.9 Å². The summed E-state index contributed by atoms with van der Waals surface area (Å²) in [6, 6.07) is 9.05. The molecular weight excluding hydrogens is 302 g/mol. The van der Waals surface area contributed by atoms with Crippen LogP contribution in [0.25, 0.3) is 10.8 Å². The summed E-state index contributed by atoms with van der Waals surface area (Å²) in [7, 11) is 4.25. The van der Waals surface area contributed by atoms with Crippen molar-refractivity contribution in [3.63, 3.8) is 0 Å². The topological polar surface area (TPSA) is 66.5 Å². The number of carbonyl (C=O) groups excluding carboxylic acids is 3. The van der Waals surface area contributed by atoms with Crippen molar-refractivity contribution in [2.45, 2.75) is 24.6 Å². The number of nitrogens with zero attached hydrogens (tertiary/aromatic N) is 1. The maximum absolute atomic E-state index is 12.9. The first-order valence-electron chi connectivity index (χ1n) is 8.22. The van der Waals surface area contributed by atoms with E-state index in [1.165, 1.54) is 5.56 Å². The van der Waals surface area contributed by atoms with Gasteiger partial charge in [-0.05, 0) is 23.9 Å². The number of benzene rings is 2. The largest absolute Gasteiger partial charge is 0.295 e. The van der Waals surface area contributed by atoms with Gasteiger partial charge in [0, 0.05) is 17.4 Å². The van der Waals surface area contributed by atoms with E-state index in [1.54, 1.807) is 4.90 Å². The number of carbonyl (C=O) groups is 3. The number of hydrogen-bond donors (Lipinski definition) is 1. The van der Waals surface area contributed by atoms with Crippen molar-refractivity contribution >= 4 is 49.9 Å².